The van der Waals surface area contributed by atoms with Crippen LogP contribution in [0.15, 0.2) is 54.9 Å². The molecule has 0 unspecified atom stereocenters. The van der Waals surface area contributed by atoms with Gasteiger partial charge in [0.2, 0.25) is 17.7 Å². The van der Waals surface area contributed by atoms with Crippen molar-refractivity contribution >= 4 is 23.8 Å². The maximum absolute atomic E-state index is 13.7. The Bertz CT molecular complexity index is 1250. The van der Waals surface area contributed by atoms with Crippen molar-refractivity contribution in [1.29, 1.82) is 0 Å². The minimum Gasteiger partial charge on any atom is -0.445 e. The summed E-state index contributed by atoms with van der Waals surface area (Å²) in [4.78, 5) is 57.0. The Hall–Kier alpha value is -4.03. The Balaban J connectivity index is 2.17. The second-order valence-electron chi connectivity index (χ2n) is 12.8. The van der Waals surface area contributed by atoms with E-state index in [-0.39, 0.29) is 37.9 Å². The highest BCUT2D eigenvalue weighted by Crippen LogP contribution is 2.14. The Morgan fingerprint density at radius 1 is 0.854 bits per heavy atom. The summed E-state index contributed by atoms with van der Waals surface area (Å²) in [5, 5.41) is 31.9. The number of alkyl carbamates (subject to hydrolysis) is 1. The van der Waals surface area contributed by atoms with Crippen molar-refractivity contribution in [2.45, 2.75) is 116 Å². The average Bonchev–Trinajstić information content (AvgIpc) is 3.07. The zero-order valence-corrected chi connectivity index (χ0v) is 29.0. The lowest BCUT2D eigenvalue weighted by Gasteiger charge is -2.29. The molecule has 0 fully saturated rings. The van der Waals surface area contributed by atoms with Crippen LogP contribution in [0.1, 0.15) is 84.3 Å². The molecule has 0 aliphatic rings. The number of hydrogen-bond donors (Lipinski definition) is 6. The molecule has 0 spiro atoms. The topological polar surface area (TPSA) is 179 Å². The number of nitrogens with one attached hydrogen (secondary N) is 4. The summed E-state index contributed by atoms with van der Waals surface area (Å²) in [5.41, 5.74) is 1.49. The van der Waals surface area contributed by atoms with Gasteiger partial charge in [-0.1, -0.05) is 90.3 Å². The smallest absolute Gasteiger partial charge is 0.408 e. The lowest BCUT2D eigenvalue weighted by molar-refractivity contribution is -0.131. The summed E-state index contributed by atoms with van der Waals surface area (Å²) >= 11 is 0. The summed E-state index contributed by atoms with van der Waals surface area (Å²) in [6.07, 6.45) is 3.94. The number of carbonyl (C=O) groups is 4. The third-order valence-corrected chi connectivity index (χ3v) is 8.25. The number of aromatic nitrogens is 1. The standard InChI is InChI=1S/C36H55N5O7/c1-6-8-16-28(34(45)40-29(18-24(3)4)32(43)20-33(44)38-31(22-42)25(5)7-2)39-35(46)30(19-27-15-12-17-37-21-27)41-36(47)48-23-26-13-10-9-11-14-26/h9-15,17,21,24-25,28-32,42-43H,6-8,16,18-20,22-23H2,1-5H3,(H,38,44)(H,39,46)(H,40,45)(H,41,47)/t25-,28-,29-,30-,31+,32-/m0/s1. The molecule has 0 aliphatic carbocycles. The fourth-order valence-electron chi connectivity index (χ4n) is 5.17. The van der Waals surface area contributed by atoms with Gasteiger partial charge < -0.3 is 36.2 Å². The van der Waals surface area contributed by atoms with Crippen LogP contribution in [0.4, 0.5) is 4.79 Å². The van der Waals surface area contributed by atoms with Gasteiger partial charge >= 0.3 is 6.09 Å². The normalized spacial score (nSPS) is 14.9. The van der Waals surface area contributed by atoms with E-state index in [1.807, 2.05) is 65.0 Å². The van der Waals surface area contributed by atoms with Crippen LogP contribution in [0.3, 0.4) is 0 Å². The number of aliphatic hydroxyl groups is 2. The fraction of sp³-hybridized carbons (Fsp3) is 0.583. The molecule has 0 radical (unpaired) electrons. The van der Waals surface area contributed by atoms with Crippen molar-refractivity contribution < 1.29 is 34.1 Å². The molecule has 12 nitrogen and oxygen atoms in total. The first-order valence-electron chi connectivity index (χ1n) is 17.0. The van der Waals surface area contributed by atoms with Crippen LogP contribution in [0, 0.1) is 11.8 Å². The van der Waals surface area contributed by atoms with Crippen LogP contribution in [-0.4, -0.2) is 75.9 Å². The molecule has 12 heteroatoms. The zero-order valence-electron chi connectivity index (χ0n) is 29.0. The molecule has 2 rings (SSSR count). The molecule has 6 N–H and O–H groups in total. The van der Waals surface area contributed by atoms with E-state index in [0.29, 0.717) is 24.8 Å². The quantitative estimate of drug-likeness (QED) is 0.117. The van der Waals surface area contributed by atoms with E-state index in [9.17, 15) is 29.4 Å². The molecule has 48 heavy (non-hydrogen) atoms. The molecule has 2 aromatic rings. The second-order valence-corrected chi connectivity index (χ2v) is 12.8. The Labute approximate surface area is 284 Å². The highest BCUT2D eigenvalue weighted by Gasteiger charge is 2.31. The first-order valence-corrected chi connectivity index (χ1v) is 17.0. The predicted molar refractivity (Wildman–Crippen MR) is 183 cm³/mol. The van der Waals surface area contributed by atoms with Crippen LogP contribution in [0.2, 0.25) is 0 Å². The number of ether oxygens (including phenoxy) is 1. The minimum absolute atomic E-state index is 0.0192. The van der Waals surface area contributed by atoms with E-state index in [1.165, 1.54) is 0 Å². The summed E-state index contributed by atoms with van der Waals surface area (Å²) in [6.45, 7) is 9.54. The van der Waals surface area contributed by atoms with Crippen LogP contribution < -0.4 is 21.3 Å². The van der Waals surface area contributed by atoms with Gasteiger partial charge in [0.25, 0.3) is 0 Å². The zero-order chi connectivity index (χ0) is 35.5. The van der Waals surface area contributed by atoms with Gasteiger partial charge in [-0.05, 0) is 41.9 Å². The highest BCUT2D eigenvalue weighted by atomic mass is 16.5. The Kier molecular flexibility index (Phi) is 18.2. The van der Waals surface area contributed by atoms with Crippen LogP contribution >= 0.6 is 0 Å². The van der Waals surface area contributed by atoms with E-state index in [1.54, 1.807) is 24.5 Å². The Morgan fingerprint density at radius 2 is 1.54 bits per heavy atom. The largest absolute Gasteiger partial charge is 0.445 e. The molecule has 266 valence electrons. The minimum atomic E-state index is -1.20. The van der Waals surface area contributed by atoms with E-state index in [4.69, 9.17) is 4.74 Å². The number of unbranched alkanes of at least 4 members (excludes halogenated alkanes) is 1. The average molecular weight is 670 g/mol. The van der Waals surface area contributed by atoms with Crippen molar-refractivity contribution in [1.82, 2.24) is 26.3 Å². The van der Waals surface area contributed by atoms with Gasteiger partial charge in [-0.25, -0.2) is 4.79 Å². The number of carbonyl (C=O) groups excluding carboxylic acids is 4. The SMILES string of the molecule is CCCC[C@H](NC(=O)[C@H](Cc1cccnc1)NC(=O)OCc1ccccc1)C(=O)N[C@@H](CC(C)C)[C@@H](O)CC(=O)N[C@H](CO)[C@@H](C)CC. The maximum atomic E-state index is 13.7. The molecule has 1 aromatic carbocycles. The molecule has 4 amide bonds. The van der Waals surface area contributed by atoms with Crippen molar-refractivity contribution in [3.63, 3.8) is 0 Å². The highest BCUT2D eigenvalue weighted by molar-refractivity contribution is 5.91. The van der Waals surface area contributed by atoms with Gasteiger partial charge in [0.05, 0.1) is 31.2 Å². The summed E-state index contributed by atoms with van der Waals surface area (Å²) in [7, 11) is 0. The second kappa shape index (κ2) is 21.8. The summed E-state index contributed by atoms with van der Waals surface area (Å²) < 4.78 is 5.36. The molecular formula is C36H55N5O7. The van der Waals surface area contributed by atoms with E-state index in [0.717, 1.165) is 18.4 Å². The third kappa shape index (κ3) is 14.8. The molecule has 0 bridgehead atoms. The number of aliphatic hydroxyl groups excluding tert-OH is 2. The number of benzene rings is 1. The molecule has 0 saturated heterocycles. The molecule has 0 aliphatic heterocycles. The lowest BCUT2D eigenvalue weighted by Crippen LogP contribution is -2.57. The maximum Gasteiger partial charge on any atom is 0.408 e. The number of rotatable bonds is 21. The van der Waals surface area contributed by atoms with Crippen LogP contribution in [0.25, 0.3) is 0 Å². The van der Waals surface area contributed by atoms with Crippen LogP contribution in [0.5, 0.6) is 0 Å². The van der Waals surface area contributed by atoms with Crippen molar-refractivity contribution in [2.24, 2.45) is 11.8 Å². The first kappa shape index (κ1) is 40.1. The van der Waals surface area contributed by atoms with E-state index in [2.05, 4.69) is 26.3 Å². The fourth-order valence-corrected chi connectivity index (χ4v) is 5.17. The number of pyridine rings is 1. The monoisotopic (exact) mass is 669 g/mol. The molecular weight excluding hydrogens is 614 g/mol. The Morgan fingerprint density at radius 3 is 2.15 bits per heavy atom. The summed E-state index contributed by atoms with van der Waals surface area (Å²) in [5.74, 6) is -1.37. The van der Waals surface area contributed by atoms with E-state index < -0.39 is 54.1 Å². The lowest BCUT2D eigenvalue weighted by atomic mass is 9.95. The predicted octanol–water partition coefficient (Wildman–Crippen LogP) is 3.40. The third-order valence-electron chi connectivity index (χ3n) is 8.25. The number of hydrogen-bond acceptors (Lipinski definition) is 8. The number of amides is 4. The van der Waals surface area contributed by atoms with Gasteiger partial charge in [-0.2, -0.15) is 0 Å². The molecule has 1 heterocycles. The van der Waals surface area contributed by atoms with Gasteiger partial charge in [-0.3, -0.25) is 19.4 Å². The van der Waals surface area contributed by atoms with Crippen molar-refractivity contribution in [2.75, 3.05) is 6.61 Å². The summed E-state index contributed by atoms with van der Waals surface area (Å²) in [6, 6.07) is 9.42. The van der Waals surface area contributed by atoms with Gasteiger partial charge in [0.1, 0.15) is 18.7 Å². The number of nitrogens with zero attached hydrogens (tertiary/aromatic N) is 1. The molecule has 0 saturated carbocycles. The van der Waals surface area contributed by atoms with Crippen molar-refractivity contribution in [3.05, 3.63) is 66.0 Å². The molecule has 1 aromatic heterocycles. The van der Waals surface area contributed by atoms with Crippen LogP contribution in [-0.2, 0) is 32.1 Å². The van der Waals surface area contributed by atoms with Gasteiger partial charge in [0, 0.05) is 18.8 Å². The first-order chi connectivity index (χ1) is 23.0. The van der Waals surface area contributed by atoms with Gasteiger partial charge in [0.15, 0.2) is 0 Å². The molecule has 6 atom stereocenters. The van der Waals surface area contributed by atoms with Gasteiger partial charge in [-0.15, -0.1) is 0 Å². The van der Waals surface area contributed by atoms with Crippen molar-refractivity contribution in [3.8, 4) is 0 Å². The van der Waals surface area contributed by atoms with E-state index >= 15 is 0 Å².